The summed E-state index contributed by atoms with van der Waals surface area (Å²) >= 11 is 0. The Hall–Kier alpha value is -3.93. The van der Waals surface area contributed by atoms with Crippen molar-refractivity contribution in [1.82, 2.24) is 9.97 Å². The standard InChI is InChI=1S/C24H22N4O2/c1-16-10-11-20(17(2)13-16)27-24(29)21-14-22(25-15-19-9-6-12-30-19)28-23(26-21)18-7-4-3-5-8-18/h3-14H,15H2,1-2H3,(H,27,29)(H,25,26,28). The van der Waals surface area contributed by atoms with Gasteiger partial charge in [0.25, 0.3) is 5.91 Å². The highest BCUT2D eigenvalue weighted by Crippen LogP contribution is 2.21. The van der Waals surface area contributed by atoms with Crippen LogP contribution in [0.4, 0.5) is 11.5 Å². The summed E-state index contributed by atoms with van der Waals surface area (Å²) in [6.07, 6.45) is 1.62. The largest absolute Gasteiger partial charge is 0.467 e. The zero-order valence-corrected chi connectivity index (χ0v) is 16.8. The van der Waals surface area contributed by atoms with E-state index in [2.05, 4.69) is 20.6 Å². The van der Waals surface area contributed by atoms with Crippen LogP contribution < -0.4 is 10.6 Å². The second kappa shape index (κ2) is 8.61. The van der Waals surface area contributed by atoms with Crippen molar-refractivity contribution in [3.8, 4) is 11.4 Å². The molecule has 2 aromatic carbocycles. The molecule has 4 aromatic rings. The lowest BCUT2D eigenvalue weighted by Crippen LogP contribution is -2.16. The maximum absolute atomic E-state index is 13.0. The number of aryl methyl sites for hydroxylation is 2. The number of benzene rings is 2. The highest BCUT2D eigenvalue weighted by molar-refractivity contribution is 6.04. The first kappa shape index (κ1) is 19.4. The van der Waals surface area contributed by atoms with Crippen molar-refractivity contribution >= 4 is 17.4 Å². The summed E-state index contributed by atoms with van der Waals surface area (Å²) in [5.41, 5.74) is 4.02. The fourth-order valence-electron chi connectivity index (χ4n) is 3.10. The van der Waals surface area contributed by atoms with E-state index < -0.39 is 0 Å². The number of anilines is 2. The molecule has 0 aliphatic rings. The molecule has 0 aliphatic heterocycles. The molecule has 2 heterocycles. The van der Waals surface area contributed by atoms with E-state index in [1.807, 2.05) is 74.5 Å². The zero-order chi connectivity index (χ0) is 20.9. The van der Waals surface area contributed by atoms with Gasteiger partial charge in [-0.3, -0.25) is 4.79 Å². The van der Waals surface area contributed by atoms with Crippen LogP contribution in [0, 0.1) is 13.8 Å². The molecule has 0 aliphatic carbocycles. The van der Waals surface area contributed by atoms with Gasteiger partial charge in [0.05, 0.1) is 12.8 Å². The van der Waals surface area contributed by atoms with Gasteiger partial charge in [-0.2, -0.15) is 0 Å². The van der Waals surface area contributed by atoms with Gasteiger partial charge in [-0.25, -0.2) is 9.97 Å². The van der Waals surface area contributed by atoms with E-state index in [4.69, 9.17) is 4.42 Å². The van der Waals surface area contributed by atoms with E-state index >= 15 is 0 Å². The van der Waals surface area contributed by atoms with Gasteiger partial charge < -0.3 is 15.1 Å². The van der Waals surface area contributed by atoms with Crippen molar-refractivity contribution in [1.29, 1.82) is 0 Å². The third kappa shape index (κ3) is 4.55. The number of aromatic nitrogens is 2. The molecule has 0 radical (unpaired) electrons. The van der Waals surface area contributed by atoms with Crippen LogP contribution in [0.25, 0.3) is 11.4 Å². The predicted octanol–water partition coefficient (Wildman–Crippen LogP) is 5.22. The molecule has 2 N–H and O–H groups in total. The third-order valence-corrected chi connectivity index (χ3v) is 4.64. The summed E-state index contributed by atoms with van der Waals surface area (Å²) in [6, 6.07) is 20.8. The van der Waals surface area contributed by atoms with Crippen LogP contribution in [0.3, 0.4) is 0 Å². The van der Waals surface area contributed by atoms with Gasteiger partial charge in [-0.15, -0.1) is 0 Å². The molecule has 4 rings (SSSR count). The van der Waals surface area contributed by atoms with Crippen LogP contribution in [-0.2, 0) is 6.54 Å². The molecule has 0 fully saturated rings. The summed E-state index contributed by atoms with van der Waals surface area (Å²) in [6.45, 7) is 4.44. The van der Waals surface area contributed by atoms with E-state index in [-0.39, 0.29) is 11.6 Å². The van der Waals surface area contributed by atoms with E-state index in [9.17, 15) is 4.79 Å². The SMILES string of the molecule is Cc1ccc(NC(=O)c2cc(NCc3ccco3)nc(-c3ccccc3)n2)c(C)c1. The van der Waals surface area contributed by atoms with Crippen LogP contribution in [0.2, 0.25) is 0 Å². The van der Waals surface area contributed by atoms with E-state index in [1.54, 1.807) is 12.3 Å². The Labute approximate surface area is 175 Å². The monoisotopic (exact) mass is 398 g/mol. The van der Waals surface area contributed by atoms with Crippen molar-refractivity contribution in [3.63, 3.8) is 0 Å². The Bertz CT molecular complexity index is 1160. The van der Waals surface area contributed by atoms with Gasteiger partial charge in [0.2, 0.25) is 0 Å². The topological polar surface area (TPSA) is 80.0 Å². The highest BCUT2D eigenvalue weighted by atomic mass is 16.3. The Balaban J connectivity index is 1.64. The van der Waals surface area contributed by atoms with Crippen LogP contribution >= 0.6 is 0 Å². The quantitative estimate of drug-likeness (QED) is 0.466. The van der Waals surface area contributed by atoms with Gasteiger partial charge in [-0.05, 0) is 37.6 Å². The van der Waals surface area contributed by atoms with Gasteiger partial charge in [0, 0.05) is 17.3 Å². The molecule has 0 saturated carbocycles. The molecular formula is C24H22N4O2. The number of nitrogens with zero attached hydrogens (tertiary/aromatic N) is 2. The van der Waals surface area contributed by atoms with E-state index in [1.165, 1.54) is 0 Å². The van der Waals surface area contributed by atoms with Crippen molar-refractivity contribution in [3.05, 3.63) is 95.6 Å². The highest BCUT2D eigenvalue weighted by Gasteiger charge is 2.14. The Morgan fingerprint density at radius 3 is 2.53 bits per heavy atom. The molecule has 6 heteroatoms. The minimum atomic E-state index is -0.289. The number of hydrogen-bond donors (Lipinski definition) is 2. The lowest BCUT2D eigenvalue weighted by Gasteiger charge is -2.12. The lowest BCUT2D eigenvalue weighted by molar-refractivity contribution is 0.102. The van der Waals surface area contributed by atoms with Gasteiger partial charge in [0.15, 0.2) is 5.82 Å². The Kier molecular flexibility index (Phi) is 5.57. The van der Waals surface area contributed by atoms with Crippen LogP contribution in [0.1, 0.15) is 27.4 Å². The fraction of sp³-hybridized carbons (Fsp3) is 0.125. The fourth-order valence-corrected chi connectivity index (χ4v) is 3.10. The number of carbonyl (C=O) groups excluding carboxylic acids is 1. The number of furan rings is 1. The first-order valence-corrected chi connectivity index (χ1v) is 9.68. The summed E-state index contributed by atoms with van der Waals surface area (Å²) in [5, 5.41) is 6.16. The summed E-state index contributed by atoms with van der Waals surface area (Å²) in [7, 11) is 0. The predicted molar refractivity (Wildman–Crippen MR) is 117 cm³/mol. The average Bonchev–Trinajstić information content (AvgIpc) is 3.28. The van der Waals surface area contributed by atoms with Gasteiger partial charge in [0.1, 0.15) is 17.3 Å². The normalized spacial score (nSPS) is 10.6. The molecule has 0 spiro atoms. The summed E-state index contributed by atoms with van der Waals surface area (Å²) < 4.78 is 5.36. The first-order valence-electron chi connectivity index (χ1n) is 9.68. The molecule has 30 heavy (non-hydrogen) atoms. The third-order valence-electron chi connectivity index (χ3n) is 4.64. The smallest absolute Gasteiger partial charge is 0.274 e. The number of hydrogen-bond acceptors (Lipinski definition) is 5. The maximum Gasteiger partial charge on any atom is 0.274 e. The average molecular weight is 398 g/mol. The number of nitrogens with one attached hydrogen (secondary N) is 2. The molecule has 2 aromatic heterocycles. The molecule has 0 unspecified atom stereocenters. The summed E-state index contributed by atoms with van der Waals surface area (Å²) in [4.78, 5) is 22.1. The van der Waals surface area contributed by atoms with Crippen molar-refractivity contribution < 1.29 is 9.21 Å². The van der Waals surface area contributed by atoms with Crippen LogP contribution in [0.15, 0.2) is 77.4 Å². The Morgan fingerprint density at radius 2 is 1.80 bits per heavy atom. The molecule has 150 valence electrons. The molecule has 0 saturated heterocycles. The van der Waals surface area contributed by atoms with Crippen LogP contribution in [-0.4, -0.2) is 15.9 Å². The molecule has 6 nitrogen and oxygen atoms in total. The minimum absolute atomic E-state index is 0.283. The van der Waals surface area contributed by atoms with Crippen molar-refractivity contribution in [2.24, 2.45) is 0 Å². The van der Waals surface area contributed by atoms with Crippen molar-refractivity contribution in [2.75, 3.05) is 10.6 Å². The first-order chi connectivity index (χ1) is 14.6. The minimum Gasteiger partial charge on any atom is -0.467 e. The number of carbonyl (C=O) groups is 1. The van der Waals surface area contributed by atoms with Gasteiger partial charge in [-0.1, -0.05) is 48.0 Å². The van der Waals surface area contributed by atoms with Gasteiger partial charge >= 0.3 is 0 Å². The second-order valence-corrected chi connectivity index (χ2v) is 7.03. The zero-order valence-electron chi connectivity index (χ0n) is 16.8. The van der Waals surface area contributed by atoms with E-state index in [0.717, 1.165) is 28.1 Å². The maximum atomic E-state index is 13.0. The van der Waals surface area contributed by atoms with Crippen LogP contribution in [0.5, 0.6) is 0 Å². The van der Waals surface area contributed by atoms with Crippen molar-refractivity contribution in [2.45, 2.75) is 20.4 Å². The van der Waals surface area contributed by atoms with E-state index in [0.29, 0.717) is 18.2 Å². The molecule has 0 bridgehead atoms. The number of rotatable bonds is 6. The number of amides is 1. The lowest BCUT2D eigenvalue weighted by atomic mass is 10.1. The molecule has 1 amide bonds. The summed E-state index contributed by atoms with van der Waals surface area (Å²) in [5.74, 6) is 1.51. The Morgan fingerprint density at radius 1 is 0.967 bits per heavy atom. The molecular weight excluding hydrogens is 376 g/mol. The molecule has 0 atom stereocenters. The second-order valence-electron chi connectivity index (χ2n) is 7.03.